The fraction of sp³-hybridized carbons (Fsp3) is 0.304. The summed E-state index contributed by atoms with van der Waals surface area (Å²) in [5.74, 6) is 1.24. The summed E-state index contributed by atoms with van der Waals surface area (Å²) in [6.07, 6.45) is 0.493. The van der Waals surface area contributed by atoms with E-state index in [1.807, 2.05) is 42.2 Å². The molecular weight excluding hydrogens is 334 g/mol. The summed E-state index contributed by atoms with van der Waals surface area (Å²) in [6, 6.07) is 14.3. The van der Waals surface area contributed by atoms with Crippen molar-refractivity contribution < 1.29 is 4.79 Å². The van der Waals surface area contributed by atoms with Gasteiger partial charge in [0.05, 0.1) is 11.0 Å². The average molecular weight is 359 g/mol. The lowest BCUT2D eigenvalue weighted by atomic mass is 10.1. The third-order valence-electron chi connectivity index (χ3n) is 5.47. The van der Waals surface area contributed by atoms with Crippen LogP contribution >= 0.6 is 0 Å². The number of fused-ring (bicyclic) bond motifs is 1. The molecular formula is C23H25N3O. The zero-order valence-corrected chi connectivity index (χ0v) is 16.2. The molecule has 0 N–H and O–H groups in total. The van der Waals surface area contributed by atoms with E-state index in [2.05, 4.69) is 37.1 Å². The lowest BCUT2D eigenvalue weighted by Gasteiger charge is -2.20. The van der Waals surface area contributed by atoms with E-state index in [0.717, 1.165) is 34.7 Å². The number of hydrogen-bond donors (Lipinski definition) is 0. The molecule has 138 valence electrons. The van der Waals surface area contributed by atoms with Crippen LogP contribution in [0.3, 0.4) is 0 Å². The fourth-order valence-corrected chi connectivity index (χ4v) is 3.98. The molecule has 4 heteroatoms. The number of para-hydroxylation sites is 2. The Bertz CT molecular complexity index is 1050. The molecule has 27 heavy (non-hydrogen) atoms. The highest BCUT2D eigenvalue weighted by Gasteiger charge is 2.35. The van der Waals surface area contributed by atoms with Gasteiger partial charge in [-0.2, -0.15) is 0 Å². The summed E-state index contributed by atoms with van der Waals surface area (Å²) in [7, 11) is 0. The van der Waals surface area contributed by atoms with Crippen LogP contribution in [0.1, 0.15) is 36.2 Å². The fourth-order valence-electron chi connectivity index (χ4n) is 3.98. The molecule has 0 unspecified atom stereocenters. The zero-order valence-electron chi connectivity index (χ0n) is 16.2. The molecule has 3 aromatic rings. The molecule has 1 aromatic heterocycles. The van der Waals surface area contributed by atoms with E-state index < -0.39 is 0 Å². The Morgan fingerprint density at radius 3 is 2.74 bits per heavy atom. The van der Waals surface area contributed by atoms with Gasteiger partial charge in [-0.05, 0) is 50.1 Å². The number of rotatable bonds is 4. The van der Waals surface area contributed by atoms with Gasteiger partial charge in [-0.3, -0.25) is 4.79 Å². The minimum Gasteiger partial charge on any atom is -0.324 e. The molecule has 4 nitrogen and oxygen atoms in total. The number of amides is 1. The van der Waals surface area contributed by atoms with Crippen molar-refractivity contribution in [2.45, 2.75) is 39.7 Å². The van der Waals surface area contributed by atoms with Crippen molar-refractivity contribution in [3.8, 4) is 0 Å². The minimum absolute atomic E-state index is 0.0872. The van der Waals surface area contributed by atoms with Gasteiger partial charge in [0.1, 0.15) is 5.82 Å². The van der Waals surface area contributed by atoms with Gasteiger partial charge >= 0.3 is 0 Å². The van der Waals surface area contributed by atoms with Crippen LogP contribution in [0.4, 0.5) is 5.69 Å². The second-order valence-electron chi connectivity index (χ2n) is 7.63. The first-order chi connectivity index (χ1) is 13.0. The zero-order chi connectivity index (χ0) is 19.1. The number of aromatic nitrogens is 2. The average Bonchev–Trinajstić information content (AvgIpc) is 3.18. The van der Waals surface area contributed by atoms with Gasteiger partial charge in [0.15, 0.2) is 0 Å². The third kappa shape index (κ3) is 3.05. The molecule has 1 aliphatic rings. The minimum atomic E-state index is 0.0872. The van der Waals surface area contributed by atoms with E-state index in [1.54, 1.807) is 0 Å². The highest BCUT2D eigenvalue weighted by molar-refractivity contribution is 5.97. The number of carbonyl (C=O) groups is 1. The van der Waals surface area contributed by atoms with Crippen molar-refractivity contribution in [1.29, 1.82) is 0 Å². The van der Waals surface area contributed by atoms with Crippen molar-refractivity contribution in [2.24, 2.45) is 0 Å². The summed E-state index contributed by atoms with van der Waals surface area (Å²) in [4.78, 5) is 19.7. The van der Waals surface area contributed by atoms with E-state index in [0.29, 0.717) is 13.0 Å². The number of aryl methyl sites for hydroxylation is 1. The molecule has 0 radical (unpaired) electrons. The third-order valence-corrected chi connectivity index (χ3v) is 5.47. The van der Waals surface area contributed by atoms with Gasteiger partial charge in [-0.15, -0.1) is 0 Å². The Morgan fingerprint density at radius 2 is 1.96 bits per heavy atom. The highest BCUT2D eigenvalue weighted by atomic mass is 16.2. The standard InChI is InChI=1S/C23H25N3O/c1-15(2)13-26-21-10-6-5-9-19(21)24-23(26)18-12-22(27)25(14-18)20-11-7-8-16(3)17(20)4/h5-11,18H,1,12-14H2,2-4H3/t18-/m0/s1. The smallest absolute Gasteiger partial charge is 0.227 e. The molecule has 2 aromatic carbocycles. The maximum absolute atomic E-state index is 12.8. The maximum atomic E-state index is 12.8. The predicted octanol–water partition coefficient (Wildman–Crippen LogP) is 4.75. The van der Waals surface area contributed by atoms with Crippen molar-refractivity contribution in [1.82, 2.24) is 9.55 Å². The van der Waals surface area contributed by atoms with E-state index in [9.17, 15) is 4.79 Å². The normalized spacial score (nSPS) is 17.1. The van der Waals surface area contributed by atoms with Crippen LogP contribution in [0.25, 0.3) is 11.0 Å². The number of hydrogen-bond acceptors (Lipinski definition) is 2. The number of imidazole rings is 1. The Labute approximate surface area is 160 Å². The molecule has 0 bridgehead atoms. The van der Waals surface area contributed by atoms with Crippen LogP contribution in [0, 0.1) is 13.8 Å². The quantitative estimate of drug-likeness (QED) is 0.631. The van der Waals surface area contributed by atoms with Gasteiger partial charge < -0.3 is 9.47 Å². The van der Waals surface area contributed by atoms with Crippen LogP contribution in [-0.4, -0.2) is 22.0 Å². The summed E-state index contributed by atoms with van der Waals surface area (Å²) >= 11 is 0. The Morgan fingerprint density at radius 1 is 1.19 bits per heavy atom. The van der Waals surface area contributed by atoms with Gasteiger partial charge in [0, 0.05) is 31.1 Å². The first-order valence-corrected chi connectivity index (χ1v) is 9.42. The maximum Gasteiger partial charge on any atom is 0.227 e. The topological polar surface area (TPSA) is 38.1 Å². The molecule has 4 rings (SSSR count). The molecule has 2 heterocycles. The molecule has 1 fully saturated rings. The number of allylic oxidation sites excluding steroid dienone is 1. The summed E-state index contributed by atoms with van der Waals surface area (Å²) in [5, 5.41) is 0. The van der Waals surface area contributed by atoms with E-state index in [4.69, 9.17) is 4.98 Å². The Balaban J connectivity index is 1.74. The first kappa shape index (κ1) is 17.5. The van der Waals surface area contributed by atoms with Gasteiger partial charge in [0.2, 0.25) is 5.91 Å². The molecule has 1 atom stereocenters. The molecule has 1 aliphatic heterocycles. The molecule has 0 spiro atoms. The van der Waals surface area contributed by atoms with Gasteiger partial charge in [-0.25, -0.2) is 4.98 Å². The monoisotopic (exact) mass is 359 g/mol. The van der Waals surface area contributed by atoms with E-state index >= 15 is 0 Å². The second-order valence-corrected chi connectivity index (χ2v) is 7.63. The largest absolute Gasteiger partial charge is 0.324 e. The second kappa shape index (κ2) is 6.69. The first-order valence-electron chi connectivity index (χ1n) is 9.42. The number of anilines is 1. The van der Waals surface area contributed by atoms with Gasteiger partial charge in [0.25, 0.3) is 0 Å². The van der Waals surface area contributed by atoms with Crippen LogP contribution in [-0.2, 0) is 11.3 Å². The summed E-state index contributed by atoms with van der Waals surface area (Å²) in [6.45, 7) is 11.7. The molecule has 0 saturated carbocycles. The van der Waals surface area contributed by atoms with E-state index in [-0.39, 0.29) is 11.8 Å². The Kier molecular flexibility index (Phi) is 4.34. The summed E-state index contributed by atoms with van der Waals surface area (Å²) in [5.41, 5.74) is 6.56. The van der Waals surface area contributed by atoms with Crippen LogP contribution in [0.15, 0.2) is 54.6 Å². The Hall–Kier alpha value is -2.88. The summed E-state index contributed by atoms with van der Waals surface area (Å²) < 4.78 is 2.22. The van der Waals surface area contributed by atoms with Crippen LogP contribution in [0.2, 0.25) is 0 Å². The number of benzene rings is 2. The lowest BCUT2D eigenvalue weighted by molar-refractivity contribution is -0.117. The van der Waals surface area contributed by atoms with Crippen LogP contribution in [0.5, 0.6) is 0 Å². The SMILES string of the molecule is C=C(C)Cn1c([C@H]2CC(=O)N(c3cccc(C)c3C)C2)nc2ccccc21. The van der Waals surface area contributed by atoms with Crippen LogP contribution < -0.4 is 4.90 Å². The van der Waals surface area contributed by atoms with Crippen molar-refractivity contribution in [3.05, 3.63) is 71.6 Å². The van der Waals surface area contributed by atoms with Gasteiger partial charge in [-0.1, -0.05) is 36.4 Å². The number of carbonyl (C=O) groups excluding carboxylic acids is 1. The van der Waals surface area contributed by atoms with E-state index in [1.165, 1.54) is 11.1 Å². The molecule has 0 aliphatic carbocycles. The number of nitrogens with zero attached hydrogens (tertiary/aromatic N) is 3. The highest BCUT2D eigenvalue weighted by Crippen LogP contribution is 2.35. The lowest BCUT2D eigenvalue weighted by Crippen LogP contribution is -2.25. The van der Waals surface area contributed by atoms with Crippen molar-refractivity contribution in [2.75, 3.05) is 11.4 Å². The van der Waals surface area contributed by atoms with Crippen molar-refractivity contribution >= 4 is 22.6 Å². The predicted molar refractivity (Wildman–Crippen MR) is 110 cm³/mol. The molecule has 1 amide bonds. The molecule has 1 saturated heterocycles. The van der Waals surface area contributed by atoms with Crippen molar-refractivity contribution in [3.63, 3.8) is 0 Å².